The molecule has 0 radical (unpaired) electrons. The van der Waals surface area contributed by atoms with E-state index in [1.54, 1.807) is 0 Å². The Morgan fingerprint density at radius 1 is 1.38 bits per heavy atom. The number of nitrogens with zero attached hydrogens (tertiary/aromatic N) is 1. The lowest BCUT2D eigenvalue weighted by Gasteiger charge is -2.28. The van der Waals surface area contributed by atoms with Gasteiger partial charge in [0.2, 0.25) is 11.8 Å². The van der Waals surface area contributed by atoms with Gasteiger partial charge in [-0.1, -0.05) is 13.8 Å². The maximum absolute atomic E-state index is 11.6. The molecule has 4 heteroatoms. The maximum Gasteiger partial charge on any atom is 0.229 e. The molecule has 1 aliphatic rings. The second kappa shape index (κ2) is 5.99. The molecule has 1 atom stereocenters. The molecule has 0 saturated carbocycles. The third kappa shape index (κ3) is 3.59. The van der Waals surface area contributed by atoms with Crippen molar-refractivity contribution in [3.05, 3.63) is 0 Å². The van der Waals surface area contributed by atoms with Gasteiger partial charge in [0.05, 0.1) is 6.10 Å². The highest BCUT2D eigenvalue weighted by molar-refractivity contribution is 5.97. The van der Waals surface area contributed by atoms with Gasteiger partial charge < -0.3 is 5.11 Å². The van der Waals surface area contributed by atoms with Crippen molar-refractivity contribution in [2.24, 2.45) is 5.92 Å². The zero-order valence-corrected chi connectivity index (χ0v) is 10.1. The van der Waals surface area contributed by atoms with Crippen molar-refractivity contribution < 1.29 is 14.7 Å². The van der Waals surface area contributed by atoms with Crippen LogP contribution in [0.1, 0.15) is 46.0 Å². The molecule has 4 nitrogen and oxygen atoms in total. The lowest BCUT2D eigenvalue weighted by atomic mass is 9.97. The van der Waals surface area contributed by atoms with Crippen molar-refractivity contribution in [2.75, 3.05) is 6.54 Å². The Morgan fingerprint density at radius 3 is 2.44 bits per heavy atom. The number of carbonyl (C=O) groups excluding carboxylic acids is 2. The van der Waals surface area contributed by atoms with Crippen LogP contribution in [0.5, 0.6) is 0 Å². The van der Waals surface area contributed by atoms with Crippen LogP contribution in [0.4, 0.5) is 0 Å². The highest BCUT2D eigenvalue weighted by Gasteiger charge is 2.29. The summed E-state index contributed by atoms with van der Waals surface area (Å²) >= 11 is 0. The molecule has 0 aliphatic carbocycles. The fourth-order valence-electron chi connectivity index (χ4n) is 1.97. The summed E-state index contributed by atoms with van der Waals surface area (Å²) in [6, 6.07) is 0. The molecular formula is C12H21NO3. The summed E-state index contributed by atoms with van der Waals surface area (Å²) in [6.07, 6.45) is 2.71. The number of hydrogen-bond acceptors (Lipinski definition) is 3. The number of rotatable bonds is 5. The summed E-state index contributed by atoms with van der Waals surface area (Å²) in [5.41, 5.74) is 0. The number of piperidine rings is 1. The molecule has 0 aromatic rings. The molecule has 0 aromatic heterocycles. The van der Waals surface area contributed by atoms with Gasteiger partial charge in [-0.25, -0.2) is 0 Å². The van der Waals surface area contributed by atoms with Gasteiger partial charge in [-0.2, -0.15) is 0 Å². The highest BCUT2D eigenvalue weighted by Crippen LogP contribution is 2.19. The molecule has 1 N–H and O–H groups in total. The van der Waals surface area contributed by atoms with Crippen molar-refractivity contribution in [2.45, 2.75) is 52.1 Å². The predicted octanol–water partition coefficient (Wildman–Crippen LogP) is 1.32. The van der Waals surface area contributed by atoms with E-state index in [4.69, 9.17) is 0 Å². The van der Waals surface area contributed by atoms with Crippen LogP contribution in [-0.4, -0.2) is 34.5 Å². The molecule has 1 rings (SSSR count). The first-order chi connectivity index (χ1) is 7.54. The van der Waals surface area contributed by atoms with E-state index in [0.717, 1.165) is 6.42 Å². The quantitative estimate of drug-likeness (QED) is 0.721. The van der Waals surface area contributed by atoms with Crippen molar-refractivity contribution in [3.63, 3.8) is 0 Å². The van der Waals surface area contributed by atoms with E-state index in [1.807, 2.05) is 13.8 Å². The third-order valence-corrected chi connectivity index (χ3v) is 3.04. The summed E-state index contributed by atoms with van der Waals surface area (Å²) in [6.45, 7) is 4.30. The van der Waals surface area contributed by atoms with E-state index < -0.39 is 0 Å². The molecule has 0 aromatic carbocycles. The Hall–Kier alpha value is -0.900. The van der Waals surface area contributed by atoms with Gasteiger partial charge in [-0.3, -0.25) is 14.5 Å². The Bertz CT molecular complexity index is 247. The van der Waals surface area contributed by atoms with Crippen molar-refractivity contribution in [1.82, 2.24) is 4.90 Å². The molecule has 16 heavy (non-hydrogen) atoms. The molecule has 2 amide bonds. The predicted molar refractivity (Wildman–Crippen MR) is 60.6 cm³/mol. The fraction of sp³-hybridized carbons (Fsp3) is 0.833. The van der Waals surface area contributed by atoms with Crippen LogP contribution in [0.2, 0.25) is 0 Å². The number of aliphatic hydroxyl groups excluding tert-OH is 1. The van der Waals surface area contributed by atoms with Gasteiger partial charge in [0, 0.05) is 19.4 Å². The zero-order chi connectivity index (χ0) is 12.1. The first-order valence-corrected chi connectivity index (χ1v) is 6.05. The third-order valence-electron chi connectivity index (χ3n) is 3.04. The van der Waals surface area contributed by atoms with E-state index in [0.29, 0.717) is 32.2 Å². The fourth-order valence-corrected chi connectivity index (χ4v) is 1.97. The Balaban J connectivity index is 2.35. The van der Waals surface area contributed by atoms with Crippen LogP contribution in [0.3, 0.4) is 0 Å². The lowest BCUT2D eigenvalue weighted by molar-refractivity contribution is -0.149. The number of imide groups is 1. The molecule has 1 saturated heterocycles. The number of carbonyl (C=O) groups is 2. The summed E-state index contributed by atoms with van der Waals surface area (Å²) < 4.78 is 0. The molecular weight excluding hydrogens is 206 g/mol. The SMILES string of the molecule is CCC(O)CCCN1C(=O)CC(C)CC1=O. The minimum atomic E-state index is -0.311. The average Bonchev–Trinajstić information content (AvgIpc) is 2.21. The topological polar surface area (TPSA) is 57.6 Å². The van der Waals surface area contributed by atoms with Gasteiger partial charge in [0.15, 0.2) is 0 Å². The van der Waals surface area contributed by atoms with E-state index in [2.05, 4.69) is 0 Å². The molecule has 0 spiro atoms. The highest BCUT2D eigenvalue weighted by atomic mass is 16.3. The molecule has 92 valence electrons. The minimum absolute atomic E-state index is 0.0604. The Morgan fingerprint density at radius 2 is 1.94 bits per heavy atom. The number of hydrogen-bond donors (Lipinski definition) is 1. The van der Waals surface area contributed by atoms with Crippen LogP contribution in [0, 0.1) is 5.92 Å². The van der Waals surface area contributed by atoms with Gasteiger partial charge in [0.1, 0.15) is 0 Å². The second-order valence-corrected chi connectivity index (χ2v) is 4.66. The van der Waals surface area contributed by atoms with Crippen molar-refractivity contribution >= 4 is 11.8 Å². The average molecular weight is 227 g/mol. The molecule has 0 bridgehead atoms. The maximum atomic E-state index is 11.6. The monoisotopic (exact) mass is 227 g/mol. The largest absolute Gasteiger partial charge is 0.393 e. The van der Waals surface area contributed by atoms with E-state index in [1.165, 1.54) is 4.90 Å². The first kappa shape index (κ1) is 13.2. The van der Waals surface area contributed by atoms with Gasteiger partial charge in [-0.15, -0.1) is 0 Å². The number of amides is 2. The Kier molecular flexibility index (Phi) is 4.93. The molecule has 1 unspecified atom stereocenters. The summed E-state index contributed by atoms with van der Waals surface area (Å²) in [5, 5.41) is 9.37. The van der Waals surface area contributed by atoms with Crippen molar-refractivity contribution in [3.8, 4) is 0 Å². The number of aliphatic hydroxyl groups is 1. The first-order valence-electron chi connectivity index (χ1n) is 6.05. The lowest BCUT2D eigenvalue weighted by Crippen LogP contribution is -2.43. The summed E-state index contributed by atoms with van der Waals surface area (Å²) in [7, 11) is 0. The smallest absolute Gasteiger partial charge is 0.229 e. The minimum Gasteiger partial charge on any atom is -0.393 e. The van der Waals surface area contributed by atoms with Crippen LogP contribution in [-0.2, 0) is 9.59 Å². The zero-order valence-electron chi connectivity index (χ0n) is 10.1. The van der Waals surface area contributed by atoms with E-state index >= 15 is 0 Å². The van der Waals surface area contributed by atoms with Gasteiger partial charge >= 0.3 is 0 Å². The summed E-state index contributed by atoms with van der Waals surface area (Å²) in [5.74, 6) is 0.0574. The number of likely N-dealkylation sites (tertiary alicyclic amines) is 1. The van der Waals surface area contributed by atoms with E-state index in [-0.39, 0.29) is 23.8 Å². The van der Waals surface area contributed by atoms with Gasteiger partial charge in [0.25, 0.3) is 0 Å². The molecule has 1 fully saturated rings. The standard InChI is InChI=1S/C12H21NO3/c1-3-10(14)5-4-6-13-11(15)7-9(2)8-12(13)16/h9-10,14H,3-8H2,1-2H3. The normalized spacial score (nSPS) is 20.3. The van der Waals surface area contributed by atoms with Crippen LogP contribution >= 0.6 is 0 Å². The van der Waals surface area contributed by atoms with Gasteiger partial charge in [-0.05, 0) is 25.2 Å². The van der Waals surface area contributed by atoms with Crippen LogP contribution in [0.15, 0.2) is 0 Å². The van der Waals surface area contributed by atoms with Crippen molar-refractivity contribution in [1.29, 1.82) is 0 Å². The van der Waals surface area contributed by atoms with Crippen LogP contribution < -0.4 is 0 Å². The molecule has 1 aliphatic heterocycles. The Labute approximate surface area is 96.6 Å². The van der Waals surface area contributed by atoms with E-state index in [9.17, 15) is 14.7 Å². The van der Waals surface area contributed by atoms with Crippen LogP contribution in [0.25, 0.3) is 0 Å². The molecule has 1 heterocycles. The second-order valence-electron chi connectivity index (χ2n) is 4.66. The summed E-state index contributed by atoms with van der Waals surface area (Å²) in [4.78, 5) is 24.6.